The predicted molar refractivity (Wildman–Crippen MR) is 258 cm³/mol. The van der Waals surface area contributed by atoms with Gasteiger partial charge in [-0.05, 0) is 0 Å². The van der Waals surface area contributed by atoms with Crippen molar-refractivity contribution in [2.45, 2.75) is 94.9 Å². The van der Waals surface area contributed by atoms with E-state index in [0.29, 0.717) is 5.92 Å². The fraction of sp³-hybridized carbons (Fsp3) is 0.281. The van der Waals surface area contributed by atoms with Crippen LogP contribution in [0.3, 0.4) is 0 Å². The molecule has 0 saturated heterocycles. The van der Waals surface area contributed by atoms with Gasteiger partial charge in [-0.2, -0.15) is 0 Å². The van der Waals surface area contributed by atoms with Gasteiger partial charge in [0.25, 0.3) is 0 Å². The molecule has 1 atom stereocenters. The van der Waals surface area contributed by atoms with Crippen molar-refractivity contribution < 1.29 is 46.1 Å². The first-order chi connectivity index (χ1) is 28.6. The molecule has 0 aliphatic heterocycles. The van der Waals surface area contributed by atoms with Gasteiger partial charge in [0.2, 0.25) is 0 Å². The molecule has 8 rings (SSSR count). The van der Waals surface area contributed by atoms with Gasteiger partial charge in [0.05, 0.1) is 0 Å². The Labute approximate surface area is 401 Å². The van der Waals surface area contributed by atoms with Gasteiger partial charge in [-0.1, -0.05) is 0 Å². The quantitative estimate of drug-likeness (QED) is 0.135. The van der Waals surface area contributed by atoms with Gasteiger partial charge >= 0.3 is 380 Å². The Balaban J connectivity index is 0.00000321. The van der Waals surface area contributed by atoms with Crippen molar-refractivity contribution in [3.63, 3.8) is 0 Å². The molecule has 5 heteroatoms. The van der Waals surface area contributed by atoms with Crippen LogP contribution >= 0.6 is 23.2 Å². The molecule has 0 heterocycles. The van der Waals surface area contributed by atoms with Crippen molar-refractivity contribution in [2.75, 3.05) is 0 Å². The molecule has 0 saturated carbocycles. The maximum atomic E-state index is 6.69. The van der Waals surface area contributed by atoms with E-state index in [0.717, 1.165) is 22.9 Å². The molecule has 0 radical (unpaired) electrons. The smallest absolute Gasteiger partial charge is 1.00 e. The molecule has 0 aromatic heterocycles. The van der Waals surface area contributed by atoms with Crippen molar-refractivity contribution in [1.29, 1.82) is 0 Å². The second-order valence-electron chi connectivity index (χ2n) is 18.6. The van der Waals surface area contributed by atoms with Gasteiger partial charge in [0, 0.05) is 0 Å². The van der Waals surface area contributed by atoms with Crippen molar-refractivity contribution in [3.8, 4) is 33.4 Å². The van der Waals surface area contributed by atoms with E-state index in [2.05, 4.69) is 185 Å². The number of benzene rings is 6. The third kappa shape index (κ3) is 9.42. The third-order valence-electron chi connectivity index (χ3n) is 12.9. The molecule has 0 fully saturated rings. The summed E-state index contributed by atoms with van der Waals surface area (Å²) in [5, 5.41) is 1.52. The molecule has 0 spiro atoms. The number of aryl methyl sites for hydroxylation is 6. The molecule has 62 heavy (non-hydrogen) atoms. The van der Waals surface area contributed by atoms with E-state index in [1.165, 1.54) is 111 Å². The standard InChI is InChI=1S/C31H29.C13H8Cl2.C13H21.2ClH.Zr/c1-18-11-20(3)30(21(4)12-18)24-7-9-28-26(15-24)17-27-16-25(8-10-29(27)28)31-22(5)13-19(2)14-23(31)6;14-12-5-1-10(2-6-12)9-11-3-7-13(15)8-4-11;1-5-6-7-11-8-9-12(10-11)13(2,3)4;;;/h7-15H,17H2,1-6H3;1-8H;9-11H,5-7H2,1-4H3;2*1H;/q;;;;;+2/p-2. The van der Waals surface area contributed by atoms with Crippen molar-refractivity contribution >= 4 is 29.7 Å². The van der Waals surface area contributed by atoms with Gasteiger partial charge in [0.1, 0.15) is 0 Å². The zero-order valence-electron chi connectivity index (χ0n) is 37.9. The van der Waals surface area contributed by atoms with Crippen LogP contribution in [0, 0.1) is 52.9 Å². The van der Waals surface area contributed by atoms with Crippen LogP contribution in [0.25, 0.3) is 33.4 Å². The SMILES string of the molecule is CCCCC1C=C(C(C)(C)C)C=[C]1[Zr+2](=[C](c1ccc(Cl)cc1)c1ccc(Cl)cc1)[c]1c(-c2c(C)cc(C)cc2C)ccc2c1Cc1cc(-c3c(C)cc(C)cc3C)ccc1-2.[Cl-].[Cl-]. The van der Waals surface area contributed by atoms with E-state index < -0.39 is 21.3 Å². The summed E-state index contributed by atoms with van der Waals surface area (Å²) >= 11 is 10.1. The summed E-state index contributed by atoms with van der Waals surface area (Å²) in [6, 6.07) is 39.1. The zero-order valence-corrected chi connectivity index (χ0v) is 43.4. The molecular weight excluding hydrogens is 918 g/mol. The van der Waals surface area contributed by atoms with Crippen molar-refractivity contribution in [2.24, 2.45) is 11.3 Å². The summed E-state index contributed by atoms with van der Waals surface area (Å²) in [6.45, 7) is 23.1. The molecule has 2 aliphatic rings. The summed E-state index contributed by atoms with van der Waals surface area (Å²) in [4.78, 5) is 0. The van der Waals surface area contributed by atoms with Crippen LogP contribution in [0.5, 0.6) is 0 Å². The molecule has 1 unspecified atom stereocenters. The summed E-state index contributed by atoms with van der Waals surface area (Å²) in [6.07, 6.45) is 9.80. The first kappa shape index (κ1) is 48.2. The molecule has 0 amide bonds. The second kappa shape index (κ2) is 19.4. The monoisotopic (exact) mass is 972 g/mol. The fourth-order valence-corrected chi connectivity index (χ4v) is 19.5. The number of hydrogen-bond acceptors (Lipinski definition) is 0. The number of rotatable bonds is 9. The second-order valence-corrected chi connectivity index (χ2v) is 25.2. The maximum Gasteiger partial charge on any atom is -1.00 e. The summed E-state index contributed by atoms with van der Waals surface area (Å²) in [7, 11) is 0. The van der Waals surface area contributed by atoms with Crippen LogP contribution in [0.15, 0.2) is 124 Å². The van der Waals surface area contributed by atoms with E-state index in [-0.39, 0.29) is 30.2 Å². The topological polar surface area (TPSA) is 0 Å². The number of fused-ring (bicyclic) bond motifs is 3. The predicted octanol–water partition coefficient (Wildman–Crippen LogP) is 9.95. The number of hydrogen-bond donors (Lipinski definition) is 0. The van der Waals surface area contributed by atoms with Gasteiger partial charge < -0.3 is 24.8 Å². The Kier molecular flexibility index (Phi) is 15.1. The first-order valence-electron chi connectivity index (χ1n) is 21.8. The Morgan fingerprint density at radius 1 is 0.629 bits per heavy atom. The Morgan fingerprint density at radius 2 is 1.13 bits per heavy atom. The molecule has 6 aromatic carbocycles. The molecule has 318 valence electrons. The number of halogens is 4. The summed E-state index contributed by atoms with van der Waals surface area (Å²) < 4.78 is 4.78. The Hall–Kier alpha value is -3.29. The van der Waals surface area contributed by atoms with E-state index >= 15 is 0 Å². The van der Waals surface area contributed by atoms with Crippen LogP contribution < -0.4 is 28.1 Å². The minimum Gasteiger partial charge on any atom is -1.00 e. The molecule has 2 aliphatic carbocycles. The normalized spacial score (nSPS) is 13.9. The number of unbranched alkanes of at least 4 members (excludes halogenated alkanes) is 1. The molecule has 0 nitrogen and oxygen atoms in total. The van der Waals surface area contributed by atoms with Gasteiger partial charge in [0.15, 0.2) is 0 Å². The minimum absolute atomic E-state index is 0. The van der Waals surface area contributed by atoms with Crippen LogP contribution in [-0.2, 0) is 27.7 Å². The molecule has 0 N–H and O–H groups in total. The third-order valence-corrected chi connectivity index (χ3v) is 21.3. The first-order valence-corrected chi connectivity index (χ1v) is 26.2. The van der Waals surface area contributed by atoms with Crippen molar-refractivity contribution in [1.82, 2.24) is 0 Å². The molecule has 6 aromatic rings. The van der Waals surface area contributed by atoms with Gasteiger partial charge in [-0.3, -0.25) is 0 Å². The molecular formula is C57H58Cl4Zr. The van der Waals surface area contributed by atoms with Crippen LogP contribution in [-0.4, -0.2) is 3.21 Å². The molecule has 0 bridgehead atoms. The van der Waals surface area contributed by atoms with Crippen LogP contribution in [0.4, 0.5) is 0 Å². The summed E-state index contributed by atoms with van der Waals surface area (Å²) in [5.41, 5.74) is 23.2. The van der Waals surface area contributed by atoms with Crippen LogP contribution in [0.2, 0.25) is 10.0 Å². The zero-order chi connectivity index (χ0) is 42.6. The van der Waals surface area contributed by atoms with Gasteiger partial charge in [-0.15, -0.1) is 0 Å². The fourth-order valence-electron chi connectivity index (χ4n) is 10.3. The Bertz CT molecular complexity index is 2670. The van der Waals surface area contributed by atoms with Crippen LogP contribution in [0.1, 0.15) is 103 Å². The van der Waals surface area contributed by atoms with Crippen molar-refractivity contribution in [3.05, 3.63) is 190 Å². The van der Waals surface area contributed by atoms with E-state index in [9.17, 15) is 0 Å². The van der Waals surface area contributed by atoms with E-state index in [1.54, 1.807) is 6.55 Å². The van der Waals surface area contributed by atoms with E-state index in [4.69, 9.17) is 23.2 Å². The largest absolute Gasteiger partial charge is 1.00 e. The maximum absolute atomic E-state index is 6.69. The minimum atomic E-state index is -3.30. The average Bonchev–Trinajstić information content (AvgIpc) is 3.78. The van der Waals surface area contributed by atoms with E-state index in [1.807, 2.05) is 0 Å². The number of allylic oxidation sites excluding steroid dienone is 4. The Morgan fingerprint density at radius 3 is 1.65 bits per heavy atom. The average molecular weight is 976 g/mol. The van der Waals surface area contributed by atoms with Gasteiger partial charge in [-0.25, -0.2) is 0 Å². The summed E-state index contributed by atoms with van der Waals surface area (Å²) in [5.74, 6) is 0.384.